The number of para-hydroxylation sites is 1. The Labute approximate surface area is 161 Å². The molecule has 3 heterocycles. The summed E-state index contributed by atoms with van der Waals surface area (Å²) >= 11 is 0. The molecule has 1 N–H and O–H groups in total. The number of aryl methyl sites for hydroxylation is 1. The summed E-state index contributed by atoms with van der Waals surface area (Å²) in [5.74, 6) is 0.262. The number of carbonyl (C=O) groups excluding carboxylic acids is 1. The second-order valence-electron chi connectivity index (χ2n) is 7.95. The van der Waals surface area contributed by atoms with Gasteiger partial charge in [-0.2, -0.15) is 0 Å². The molecule has 1 amide bonds. The number of anilines is 1. The fourth-order valence-electron chi connectivity index (χ4n) is 4.31. The van der Waals surface area contributed by atoms with Crippen LogP contribution in [-0.4, -0.2) is 50.4 Å². The third-order valence-electron chi connectivity index (χ3n) is 5.96. The minimum Gasteiger partial charge on any atom is -0.379 e. The van der Waals surface area contributed by atoms with Crippen LogP contribution < -0.4 is 5.32 Å². The zero-order chi connectivity index (χ0) is 18.9. The van der Waals surface area contributed by atoms with Gasteiger partial charge in [-0.25, -0.2) is 4.98 Å². The van der Waals surface area contributed by atoms with Crippen LogP contribution >= 0.6 is 0 Å². The smallest absolute Gasteiger partial charge is 0.225 e. The van der Waals surface area contributed by atoms with Gasteiger partial charge in [-0.3, -0.25) is 9.69 Å². The average molecular weight is 367 g/mol. The molecule has 0 bridgehead atoms. The molecule has 1 aromatic carbocycles. The molecule has 27 heavy (non-hydrogen) atoms. The van der Waals surface area contributed by atoms with Crippen molar-refractivity contribution in [3.63, 3.8) is 0 Å². The molecule has 6 nitrogen and oxygen atoms in total. The highest BCUT2D eigenvalue weighted by Gasteiger charge is 2.39. The van der Waals surface area contributed by atoms with Crippen LogP contribution in [0.25, 0.3) is 0 Å². The molecule has 0 radical (unpaired) electrons. The summed E-state index contributed by atoms with van der Waals surface area (Å²) in [7, 11) is 2.00. The monoisotopic (exact) mass is 367 g/mol. The molecule has 0 saturated carbocycles. The number of likely N-dealkylation sites (tertiary alicyclic amines) is 1. The van der Waals surface area contributed by atoms with Crippen LogP contribution in [0.1, 0.15) is 37.4 Å². The number of carbonyl (C=O) groups is 1. The standard InChI is InChI=1S/C21H29N5O/c1-3-26-13-17-6-4-5-7-19(17)23-21(12-20(26)27)8-10-25(11-9-21)15-18-14-24(2)16-22-18/h4-7,14,16,23H,3,8-13,15H2,1-2H3. The summed E-state index contributed by atoms with van der Waals surface area (Å²) in [6.07, 6.45) is 6.45. The molecule has 1 spiro atoms. The summed E-state index contributed by atoms with van der Waals surface area (Å²) in [6, 6.07) is 8.42. The van der Waals surface area contributed by atoms with Gasteiger partial charge in [0.25, 0.3) is 0 Å². The molecule has 0 unspecified atom stereocenters. The quantitative estimate of drug-likeness (QED) is 0.906. The van der Waals surface area contributed by atoms with Gasteiger partial charge in [0.1, 0.15) is 0 Å². The molecular weight excluding hydrogens is 338 g/mol. The molecule has 6 heteroatoms. The Morgan fingerprint density at radius 1 is 1.22 bits per heavy atom. The second kappa shape index (κ2) is 7.35. The SMILES string of the molecule is CCN1Cc2ccccc2NC2(CCN(Cc3cn(C)cn3)CC2)CC1=O. The van der Waals surface area contributed by atoms with E-state index < -0.39 is 0 Å². The predicted octanol–water partition coefficient (Wildman–Crippen LogP) is 2.62. The lowest BCUT2D eigenvalue weighted by Crippen LogP contribution is -2.53. The van der Waals surface area contributed by atoms with E-state index in [2.05, 4.69) is 52.6 Å². The molecule has 2 aliphatic heterocycles. The highest BCUT2D eigenvalue weighted by molar-refractivity contribution is 5.79. The van der Waals surface area contributed by atoms with E-state index in [9.17, 15) is 4.79 Å². The summed E-state index contributed by atoms with van der Waals surface area (Å²) in [5, 5.41) is 3.78. The first-order valence-corrected chi connectivity index (χ1v) is 9.90. The third kappa shape index (κ3) is 3.86. The van der Waals surface area contributed by atoms with Crippen molar-refractivity contribution in [2.45, 2.75) is 44.8 Å². The number of piperidine rings is 1. The number of amides is 1. The van der Waals surface area contributed by atoms with Crippen molar-refractivity contribution < 1.29 is 4.79 Å². The van der Waals surface area contributed by atoms with Crippen molar-refractivity contribution in [3.05, 3.63) is 48.0 Å². The van der Waals surface area contributed by atoms with Gasteiger partial charge >= 0.3 is 0 Å². The average Bonchev–Trinajstić information content (AvgIpc) is 3.06. The van der Waals surface area contributed by atoms with Crippen molar-refractivity contribution in [2.75, 3.05) is 25.0 Å². The Bertz CT molecular complexity index is 806. The fourth-order valence-corrected chi connectivity index (χ4v) is 4.31. The van der Waals surface area contributed by atoms with E-state index in [1.807, 2.05) is 22.8 Å². The van der Waals surface area contributed by atoms with Crippen LogP contribution in [0.2, 0.25) is 0 Å². The van der Waals surface area contributed by atoms with Gasteiger partial charge in [-0.15, -0.1) is 0 Å². The maximum absolute atomic E-state index is 12.9. The Balaban J connectivity index is 1.51. The van der Waals surface area contributed by atoms with Crippen molar-refractivity contribution in [1.29, 1.82) is 0 Å². The zero-order valence-corrected chi connectivity index (χ0v) is 16.3. The fraction of sp³-hybridized carbons (Fsp3) is 0.524. The van der Waals surface area contributed by atoms with Crippen LogP contribution in [0.15, 0.2) is 36.8 Å². The van der Waals surface area contributed by atoms with E-state index in [1.54, 1.807) is 0 Å². The maximum atomic E-state index is 12.9. The molecule has 2 aromatic rings. The number of imidazole rings is 1. The zero-order valence-electron chi connectivity index (χ0n) is 16.3. The van der Waals surface area contributed by atoms with Gasteiger partial charge in [0.05, 0.1) is 12.0 Å². The molecule has 1 saturated heterocycles. The molecular formula is C21H29N5O. The number of benzene rings is 1. The van der Waals surface area contributed by atoms with Crippen LogP contribution in [-0.2, 0) is 24.9 Å². The first kappa shape index (κ1) is 18.0. The van der Waals surface area contributed by atoms with Crippen LogP contribution in [0, 0.1) is 0 Å². The van der Waals surface area contributed by atoms with Gasteiger partial charge in [0.15, 0.2) is 0 Å². The Kier molecular flexibility index (Phi) is 4.91. The third-order valence-corrected chi connectivity index (χ3v) is 5.96. The molecule has 1 aromatic heterocycles. The van der Waals surface area contributed by atoms with Crippen LogP contribution in [0.3, 0.4) is 0 Å². The van der Waals surface area contributed by atoms with E-state index >= 15 is 0 Å². The largest absolute Gasteiger partial charge is 0.379 e. The number of hydrogen-bond acceptors (Lipinski definition) is 4. The number of nitrogens with zero attached hydrogens (tertiary/aromatic N) is 4. The lowest BCUT2D eigenvalue weighted by molar-refractivity contribution is -0.133. The van der Waals surface area contributed by atoms with Crippen molar-refractivity contribution in [2.24, 2.45) is 7.05 Å². The summed E-state index contributed by atoms with van der Waals surface area (Å²) < 4.78 is 1.99. The first-order chi connectivity index (χ1) is 13.1. The predicted molar refractivity (Wildman–Crippen MR) is 106 cm³/mol. The Hall–Kier alpha value is -2.34. The van der Waals surface area contributed by atoms with Crippen molar-refractivity contribution >= 4 is 11.6 Å². The molecule has 0 aliphatic carbocycles. The number of rotatable bonds is 3. The number of fused-ring (bicyclic) bond motifs is 1. The lowest BCUT2D eigenvalue weighted by Gasteiger charge is -2.45. The summed E-state index contributed by atoms with van der Waals surface area (Å²) in [6.45, 7) is 6.35. The maximum Gasteiger partial charge on any atom is 0.225 e. The lowest BCUT2D eigenvalue weighted by atomic mass is 9.82. The number of hydrogen-bond donors (Lipinski definition) is 1. The second-order valence-corrected chi connectivity index (χ2v) is 7.95. The molecule has 4 rings (SSSR count). The highest BCUT2D eigenvalue weighted by Crippen LogP contribution is 2.35. The van der Waals surface area contributed by atoms with Gasteiger partial charge in [0, 0.05) is 63.6 Å². The molecule has 2 aliphatic rings. The van der Waals surface area contributed by atoms with Gasteiger partial charge in [-0.05, 0) is 31.4 Å². The Morgan fingerprint density at radius 2 is 2.00 bits per heavy atom. The number of nitrogens with one attached hydrogen (secondary N) is 1. The van der Waals surface area contributed by atoms with Gasteiger partial charge < -0.3 is 14.8 Å². The Morgan fingerprint density at radius 3 is 2.70 bits per heavy atom. The van der Waals surface area contributed by atoms with E-state index in [0.29, 0.717) is 13.0 Å². The summed E-state index contributed by atoms with van der Waals surface area (Å²) in [5.41, 5.74) is 3.35. The van der Waals surface area contributed by atoms with Crippen LogP contribution in [0.5, 0.6) is 0 Å². The minimum absolute atomic E-state index is 0.151. The van der Waals surface area contributed by atoms with Crippen LogP contribution in [0.4, 0.5) is 5.69 Å². The first-order valence-electron chi connectivity index (χ1n) is 9.90. The van der Waals surface area contributed by atoms with E-state index in [-0.39, 0.29) is 11.4 Å². The van der Waals surface area contributed by atoms with E-state index in [4.69, 9.17) is 0 Å². The van der Waals surface area contributed by atoms with Gasteiger partial charge in [-0.1, -0.05) is 18.2 Å². The normalized spacial score (nSPS) is 20.1. The highest BCUT2D eigenvalue weighted by atomic mass is 16.2. The molecule has 0 atom stereocenters. The summed E-state index contributed by atoms with van der Waals surface area (Å²) in [4.78, 5) is 21.8. The molecule has 144 valence electrons. The van der Waals surface area contributed by atoms with Crippen molar-refractivity contribution in [1.82, 2.24) is 19.4 Å². The van der Waals surface area contributed by atoms with Crippen molar-refractivity contribution in [3.8, 4) is 0 Å². The van der Waals surface area contributed by atoms with E-state index in [0.717, 1.165) is 44.7 Å². The topological polar surface area (TPSA) is 53.4 Å². The number of aromatic nitrogens is 2. The minimum atomic E-state index is -0.151. The molecule has 1 fully saturated rings. The van der Waals surface area contributed by atoms with E-state index in [1.165, 1.54) is 11.3 Å². The van der Waals surface area contributed by atoms with Gasteiger partial charge in [0.2, 0.25) is 5.91 Å².